The van der Waals surface area contributed by atoms with E-state index in [1.54, 1.807) is 0 Å². The first kappa shape index (κ1) is 12.1. The number of benzene rings is 1. The van der Waals surface area contributed by atoms with Crippen LogP contribution < -0.4 is 5.32 Å². The maximum atomic E-state index is 5.42. The summed E-state index contributed by atoms with van der Waals surface area (Å²) in [7, 11) is 1.98. The highest BCUT2D eigenvalue weighted by atomic mass is 16.5. The number of para-hydroxylation sites is 1. The van der Waals surface area contributed by atoms with E-state index in [0.29, 0.717) is 0 Å². The molecule has 1 N–H and O–H groups in total. The van der Waals surface area contributed by atoms with Crippen LogP contribution in [0.15, 0.2) is 30.5 Å². The van der Waals surface area contributed by atoms with Gasteiger partial charge in [-0.05, 0) is 31.0 Å². The summed E-state index contributed by atoms with van der Waals surface area (Å²) in [5.74, 6) is 0. The Morgan fingerprint density at radius 1 is 1.29 bits per heavy atom. The van der Waals surface area contributed by atoms with Crippen LogP contribution in [0.1, 0.15) is 12.5 Å². The van der Waals surface area contributed by atoms with Gasteiger partial charge in [0.1, 0.15) is 0 Å². The average Bonchev–Trinajstić information content (AvgIpc) is 2.75. The lowest BCUT2D eigenvalue weighted by atomic mass is 10.1. The summed E-state index contributed by atoms with van der Waals surface area (Å²) in [6, 6.07) is 8.62. The van der Waals surface area contributed by atoms with E-state index in [-0.39, 0.29) is 0 Å². The molecule has 1 heterocycles. The van der Waals surface area contributed by atoms with Crippen molar-refractivity contribution in [2.75, 3.05) is 20.3 Å². The van der Waals surface area contributed by atoms with Crippen LogP contribution in [0.2, 0.25) is 0 Å². The van der Waals surface area contributed by atoms with Gasteiger partial charge in [-0.1, -0.05) is 18.2 Å². The van der Waals surface area contributed by atoms with E-state index in [2.05, 4.69) is 40.3 Å². The molecule has 0 amide bonds. The fourth-order valence-electron chi connectivity index (χ4n) is 2.17. The quantitative estimate of drug-likeness (QED) is 0.774. The van der Waals surface area contributed by atoms with Crippen LogP contribution in [0.3, 0.4) is 0 Å². The van der Waals surface area contributed by atoms with Gasteiger partial charge in [0.25, 0.3) is 0 Å². The molecule has 0 unspecified atom stereocenters. The largest absolute Gasteiger partial charge is 0.380 e. The fraction of sp³-hybridized carbons (Fsp3) is 0.429. The summed E-state index contributed by atoms with van der Waals surface area (Å²) in [5, 5.41) is 4.52. The topological polar surface area (TPSA) is 26.2 Å². The Morgan fingerprint density at radius 3 is 2.94 bits per heavy atom. The molecule has 2 rings (SSSR count). The van der Waals surface area contributed by atoms with Gasteiger partial charge in [-0.25, -0.2) is 0 Å². The third kappa shape index (κ3) is 2.68. The summed E-state index contributed by atoms with van der Waals surface area (Å²) in [6.45, 7) is 5.39. The number of nitrogens with zero attached hydrogens (tertiary/aromatic N) is 1. The molecule has 0 aliphatic rings. The SMILES string of the molecule is CCOCCn1ccc2cccc(CNC)c21. The third-order valence-corrected chi connectivity index (χ3v) is 2.92. The van der Waals surface area contributed by atoms with Gasteiger partial charge in [0.15, 0.2) is 0 Å². The molecule has 0 radical (unpaired) electrons. The second kappa shape index (κ2) is 5.84. The number of fused-ring (bicyclic) bond motifs is 1. The van der Waals surface area contributed by atoms with E-state index in [0.717, 1.165) is 26.3 Å². The molecule has 0 bridgehead atoms. The van der Waals surface area contributed by atoms with Crippen molar-refractivity contribution in [3.63, 3.8) is 0 Å². The minimum Gasteiger partial charge on any atom is -0.380 e. The molecule has 0 aliphatic carbocycles. The van der Waals surface area contributed by atoms with Gasteiger partial charge in [0.05, 0.1) is 12.1 Å². The van der Waals surface area contributed by atoms with Crippen LogP contribution in [0.5, 0.6) is 0 Å². The van der Waals surface area contributed by atoms with Gasteiger partial charge in [-0.3, -0.25) is 0 Å². The molecule has 0 aliphatic heterocycles. The minimum atomic E-state index is 0.772. The van der Waals surface area contributed by atoms with Gasteiger partial charge < -0.3 is 14.6 Å². The second-order valence-corrected chi connectivity index (χ2v) is 4.09. The van der Waals surface area contributed by atoms with Crippen molar-refractivity contribution in [2.45, 2.75) is 20.0 Å². The molecule has 92 valence electrons. The molecule has 17 heavy (non-hydrogen) atoms. The fourth-order valence-corrected chi connectivity index (χ4v) is 2.17. The van der Waals surface area contributed by atoms with Crippen LogP contribution >= 0.6 is 0 Å². The van der Waals surface area contributed by atoms with Crippen LogP contribution in [0.4, 0.5) is 0 Å². The van der Waals surface area contributed by atoms with Crippen molar-refractivity contribution >= 4 is 10.9 Å². The second-order valence-electron chi connectivity index (χ2n) is 4.09. The zero-order chi connectivity index (χ0) is 12.1. The normalized spacial score (nSPS) is 11.2. The highest BCUT2D eigenvalue weighted by Gasteiger charge is 2.05. The van der Waals surface area contributed by atoms with Gasteiger partial charge in [0.2, 0.25) is 0 Å². The van der Waals surface area contributed by atoms with Gasteiger partial charge in [-0.15, -0.1) is 0 Å². The predicted molar refractivity (Wildman–Crippen MR) is 71.2 cm³/mol. The van der Waals surface area contributed by atoms with E-state index in [1.165, 1.54) is 16.5 Å². The molecule has 0 fully saturated rings. The number of nitrogens with one attached hydrogen (secondary N) is 1. The summed E-state index contributed by atoms with van der Waals surface area (Å²) < 4.78 is 7.69. The molecule has 0 spiro atoms. The van der Waals surface area contributed by atoms with Crippen molar-refractivity contribution in [2.24, 2.45) is 0 Å². The monoisotopic (exact) mass is 232 g/mol. The van der Waals surface area contributed by atoms with Crippen molar-refractivity contribution in [1.29, 1.82) is 0 Å². The number of aromatic nitrogens is 1. The van der Waals surface area contributed by atoms with Crippen LogP contribution in [0, 0.1) is 0 Å². The van der Waals surface area contributed by atoms with E-state index in [1.807, 2.05) is 14.0 Å². The lowest BCUT2D eigenvalue weighted by Gasteiger charge is -2.09. The Morgan fingerprint density at radius 2 is 2.18 bits per heavy atom. The van der Waals surface area contributed by atoms with E-state index >= 15 is 0 Å². The highest BCUT2D eigenvalue weighted by Crippen LogP contribution is 2.20. The van der Waals surface area contributed by atoms with Gasteiger partial charge in [0, 0.05) is 25.9 Å². The molecule has 3 heteroatoms. The van der Waals surface area contributed by atoms with Crippen molar-refractivity contribution < 1.29 is 4.74 Å². The minimum absolute atomic E-state index is 0.772. The number of rotatable bonds is 6. The van der Waals surface area contributed by atoms with Crippen LogP contribution in [-0.2, 0) is 17.8 Å². The van der Waals surface area contributed by atoms with E-state index < -0.39 is 0 Å². The molecule has 2 aromatic rings. The van der Waals surface area contributed by atoms with Crippen molar-refractivity contribution in [3.05, 3.63) is 36.0 Å². The first-order chi connectivity index (χ1) is 8.36. The summed E-state index contributed by atoms with van der Waals surface area (Å²) in [5.41, 5.74) is 2.66. The molecular weight excluding hydrogens is 212 g/mol. The Labute approximate surface area is 102 Å². The summed E-state index contributed by atoms with van der Waals surface area (Å²) in [6.07, 6.45) is 2.14. The average molecular weight is 232 g/mol. The molecule has 0 atom stereocenters. The van der Waals surface area contributed by atoms with E-state index in [9.17, 15) is 0 Å². The Kier molecular flexibility index (Phi) is 4.18. The zero-order valence-corrected chi connectivity index (χ0v) is 10.6. The van der Waals surface area contributed by atoms with Crippen LogP contribution in [0.25, 0.3) is 10.9 Å². The molecule has 0 saturated carbocycles. The number of ether oxygens (including phenoxy) is 1. The predicted octanol–water partition coefficient (Wildman–Crippen LogP) is 2.40. The first-order valence-electron chi connectivity index (χ1n) is 6.16. The summed E-state index contributed by atoms with van der Waals surface area (Å²) >= 11 is 0. The van der Waals surface area contributed by atoms with E-state index in [4.69, 9.17) is 4.74 Å². The molecular formula is C14H20N2O. The molecule has 3 nitrogen and oxygen atoms in total. The third-order valence-electron chi connectivity index (χ3n) is 2.92. The van der Waals surface area contributed by atoms with Crippen molar-refractivity contribution in [1.82, 2.24) is 9.88 Å². The van der Waals surface area contributed by atoms with Crippen molar-refractivity contribution in [3.8, 4) is 0 Å². The Hall–Kier alpha value is -1.32. The van der Waals surface area contributed by atoms with Crippen LogP contribution in [-0.4, -0.2) is 24.8 Å². The number of hydrogen-bond acceptors (Lipinski definition) is 2. The van der Waals surface area contributed by atoms with Gasteiger partial charge in [-0.2, -0.15) is 0 Å². The van der Waals surface area contributed by atoms with Gasteiger partial charge >= 0.3 is 0 Å². The Balaban J connectivity index is 2.28. The highest BCUT2D eigenvalue weighted by molar-refractivity contribution is 5.83. The summed E-state index contributed by atoms with van der Waals surface area (Å²) in [4.78, 5) is 0. The first-order valence-corrected chi connectivity index (χ1v) is 6.16. The smallest absolute Gasteiger partial charge is 0.0645 e. The maximum absolute atomic E-state index is 5.42. The standard InChI is InChI=1S/C14H20N2O/c1-3-17-10-9-16-8-7-12-5-4-6-13(11-15-2)14(12)16/h4-8,15H,3,9-11H2,1-2H3. The lowest BCUT2D eigenvalue weighted by Crippen LogP contribution is -2.09. The maximum Gasteiger partial charge on any atom is 0.0645 e. The number of hydrogen-bond donors (Lipinski definition) is 1. The zero-order valence-electron chi connectivity index (χ0n) is 10.6. The molecule has 0 saturated heterocycles. The lowest BCUT2D eigenvalue weighted by molar-refractivity contribution is 0.140. The molecule has 1 aromatic heterocycles. The Bertz CT molecular complexity index is 476. The molecule has 1 aromatic carbocycles.